The topological polar surface area (TPSA) is 26.0 Å². The van der Waals surface area contributed by atoms with Gasteiger partial charge in [-0.1, -0.05) is 25.1 Å². The summed E-state index contributed by atoms with van der Waals surface area (Å²) in [5.74, 6) is 0. The molecule has 2 heteroatoms. The molecule has 1 aromatic carbocycles. The van der Waals surface area contributed by atoms with Crippen molar-refractivity contribution in [2.75, 3.05) is 0 Å². The average Bonchev–Trinajstić information content (AvgIpc) is 2.76. The van der Waals surface area contributed by atoms with Crippen LogP contribution in [0.2, 0.25) is 0 Å². The molecule has 2 N–H and O–H groups in total. The van der Waals surface area contributed by atoms with Crippen LogP contribution in [0.1, 0.15) is 30.9 Å². The van der Waals surface area contributed by atoms with Crippen LogP contribution in [-0.2, 0) is 12.8 Å². The molecule has 0 bridgehead atoms. The lowest BCUT2D eigenvalue weighted by Gasteiger charge is -2.12. The van der Waals surface area contributed by atoms with Gasteiger partial charge in [0, 0.05) is 15.7 Å². The van der Waals surface area contributed by atoms with Crippen LogP contribution in [0.25, 0.3) is 0 Å². The average molecular weight is 219 g/mol. The van der Waals surface area contributed by atoms with Crippen molar-refractivity contribution in [2.45, 2.75) is 48.3 Å². The molecular weight excluding hydrogens is 202 g/mol. The Morgan fingerprint density at radius 1 is 1.47 bits per heavy atom. The Hall–Kier alpha value is -0.470. The molecule has 1 aromatic rings. The highest BCUT2D eigenvalue weighted by Crippen LogP contribution is 2.43. The molecule has 1 aliphatic heterocycles. The van der Waals surface area contributed by atoms with Crippen molar-refractivity contribution in [3.8, 4) is 0 Å². The quantitative estimate of drug-likeness (QED) is 0.827. The standard InChI is InChI=1S/C13H17NS/c1-9-7-10-3-2-4-11(12(10)15-9)8-13(14)5-6-13/h2-4,9H,5-8,14H2,1H3. The van der Waals surface area contributed by atoms with E-state index in [1.54, 1.807) is 0 Å². The molecule has 1 atom stereocenters. The second-order valence-electron chi connectivity index (χ2n) is 5.08. The second kappa shape index (κ2) is 3.26. The Morgan fingerprint density at radius 3 is 3.00 bits per heavy atom. The molecule has 15 heavy (non-hydrogen) atoms. The molecular formula is C13H17NS. The predicted molar refractivity (Wildman–Crippen MR) is 65.3 cm³/mol. The molecule has 0 aromatic heterocycles. The third-order valence-electron chi connectivity index (χ3n) is 3.44. The lowest BCUT2D eigenvalue weighted by atomic mass is 10.0. The van der Waals surface area contributed by atoms with E-state index in [4.69, 9.17) is 5.73 Å². The molecule has 1 nitrogen and oxygen atoms in total. The number of hydrogen-bond acceptors (Lipinski definition) is 2. The minimum Gasteiger partial charge on any atom is -0.325 e. The SMILES string of the molecule is CC1Cc2cccc(CC3(N)CC3)c2S1. The fourth-order valence-corrected chi connectivity index (χ4v) is 3.62. The van der Waals surface area contributed by atoms with Crippen LogP contribution >= 0.6 is 11.8 Å². The Kier molecular flexibility index (Phi) is 2.12. The zero-order valence-corrected chi connectivity index (χ0v) is 9.94. The number of nitrogens with two attached hydrogens (primary N) is 1. The first kappa shape index (κ1) is 9.73. The zero-order chi connectivity index (χ0) is 10.5. The van der Waals surface area contributed by atoms with E-state index >= 15 is 0 Å². The van der Waals surface area contributed by atoms with E-state index in [2.05, 4.69) is 25.1 Å². The molecule has 80 valence electrons. The number of hydrogen-bond donors (Lipinski definition) is 1. The van der Waals surface area contributed by atoms with Gasteiger partial charge in [0.25, 0.3) is 0 Å². The summed E-state index contributed by atoms with van der Waals surface area (Å²) in [6, 6.07) is 6.72. The molecule has 0 radical (unpaired) electrons. The number of rotatable bonds is 2. The van der Waals surface area contributed by atoms with E-state index in [-0.39, 0.29) is 5.54 Å². The van der Waals surface area contributed by atoms with Gasteiger partial charge in [-0.2, -0.15) is 0 Å². The minimum atomic E-state index is 0.140. The van der Waals surface area contributed by atoms with E-state index in [0.717, 1.165) is 11.7 Å². The molecule has 1 heterocycles. The molecule has 3 rings (SSSR count). The Labute approximate surface area is 95.4 Å². The summed E-state index contributed by atoms with van der Waals surface area (Å²) >= 11 is 2.03. The van der Waals surface area contributed by atoms with E-state index in [1.807, 2.05) is 11.8 Å². The molecule has 0 saturated heterocycles. The second-order valence-corrected chi connectivity index (χ2v) is 6.53. The van der Waals surface area contributed by atoms with Crippen molar-refractivity contribution >= 4 is 11.8 Å². The van der Waals surface area contributed by atoms with Crippen LogP contribution in [0.15, 0.2) is 23.1 Å². The first-order valence-electron chi connectivity index (χ1n) is 5.73. The van der Waals surface area contributed by atoms with E-state index in [9.17, 15) is 0 Å². The number of fused-ring (bicyclic) bond motifs is 1. The first-order valence-corrected chi connectivity index (χ1v) is 6.61. The molecule has 1 saturated carbocycles. The van der Waals surface area contributed by atoms with Gasteiger partial charge in [-0.15, -0.1) is 11.8 Å². The smallest absolute Gasteiger partial charge is 0.0196 e. The third kappa shape index (κ3) is 1.81. The van der Waals surface area contributed by atoms with E-state index in [1.165, 1.54) is 35.3 Å². The van der Waals surface area contributed by atoms with Gasteiger partial charge in [-0.05, 0) is 36.8 Å². The summed E-state index contributed by atoms with van der Waals surface area (Å²) in [7, 11) is 0. The fourth-order valence-electron chi connectivity index (χ4n) is 2.36. The van der Waals surface area contributed by atoms with Gasteiger partial charge < -0.3 is 5.73 Å². The Balaban J connectivity index is 1.92. The number of thioether (sulfide) groups is 1. The molecule has 0 amide bonds. The van der Waals surface area contributed by atoms with Crippen LogP contribution < -0.4 is 5.73 Å². The molecule has 0 spiro atoms. The maximum absolute atomic E-state index is 6.20. The first-order chi connectivity index (χ1) is 7.16. The summed E-state index contributed by atoms with van der Waals surface area (Å²) in [5.41, 5.74) is 9.36. The van der Waals surface area contributed by atoms with Gasteiger partial charge in [0.1, 0.15) is 0 Å². The fraction of sp³-hybridized carbons (Fsp3) is 0.538. The molecule has 1 fully saturated rings. The highest BCUT2D eigenvalue weighted by Gasteiger charge is 2.39. The monoisotopic (exact) mass is 219 g/mol. The van der Waals surface area contributed by atoms with Gasteiger partial charge >= 0.3 is 0 Å². The summed E-state index contributed by atoms with van der Waals surface area (Å²) in [5, 5.41) is 0.745. The van der Waals surface area contributed by atoms with Crippen LogP contribution in [0.3, 0.4) is 0 Å². The molecule has 2 aliphatic rings. The van der Waals surface area contributed by atoms with Gasteiger partial charge in [0.15, 0.2) is 0 Å². The Morgan fingerprint density at radius 2 is 2.27 bits per heavy atom. The lowest BCUT2D eigenvalue weighted by molar-refractivity contribution is 0.664. The third-order valence-corrected chi connectivity index (χ3v) is 4.77. The maximum Gasteiger partial charge on any atom is 0.0196 e. The largest absolute Gasteiger partial charge is 0.325 e. The van der Waals surface area contributed by atoms with Crippen molar-refractivity contribution in [3.63, 3.8) is 0 Å². The molecule has 1 aliphatic carbocycles. The van der Waals surface area contributed by atoms with Crippen molar-refractivity contribution in [1.29, 1.82) is 0 Å². The minimum absolute atomic E-state index is 0.140. The van der Waals surface area contributed by atoms with Crippen LogP contribution in [0.5, 0.6) is 0 Å². The van der Waals surface area contributed by atoms with Gasteiger partial charge in [-0.3, -0.25) is 0 Å². The number of benzene rings is 1. The zero-order valence-electron chi connectivity index (χ0n) is 9.12. The summed E-state index contributed by atoms with van der Waals surface area (Å²) in [6.45, 7) is 2.31. The van der Waals surface area contributed by atoms with Crippen molar-refractivity contribution in [1.82, 2.24) is 0 Å². The predicted octanol–water partition coefficient (Wildman–Crippen LogP) is 2.76. The van der Waals surface area contributed by atoms with Crippen molar-refractivity contribution in [3.05, 3.63) is 29.3 Å². The highest BCUT2D eigenvalue weighted by molar-refractivity contribution is 8.00. The van der Waals surface area contributed by atoms with Crippen molar-refractivity contribution in [2.24, 2.45) is 5.73 Å². The van der Waals surface area contributed by atoms with Crippen LogP contribution in [-0.4, -0.2) is 10.8 Å². The van der Waals surface area contributed by atoms with E-state index in [0.29, 0.717) is 0 Å². The van der Waals surface area contributed by atoms with Gasteiger partial charge in [-0.25, -0.2) is 0 Å². The van der Waals surface area contributed by atoms with E-state index < -0.39 is 0 Å². The molecule has 1 unspecified atom stereocenters. The van der Waals surface area contributed by atoms with Crippen molar-refractivity contribution < 1.29 is 0 Å². The summed E-state index contributed by atoms with van der Waals surface area (Å²) < 4.78 is 0. The normalized spacial score (nSPS) is 26.4. The maximum atomic E-state index is 6.20. The summed E-state index contributed by atoms with van der Waals surface area (Å²) in [6.07, 6.45) is 4.72. The lowest BCUT2D eigenvalue weighted by Crippen LogP contribution is -2.24. The highest BCUT2D eigenvalue weighted by atomic mass is 32.2. The van der Waals surface area contributed by atoms with Crippen LogP contribution in [0, 0.1) is 0 Å². The summed E-state index contributed by atoms with van der Waals surface area (Å²) in [4.78, 5) is 1.53. The Bertz CT molecular complexity index is 396. The van der Waals surface area contributed by atoms with Gasteiger partial charge in [0.2, 0.25) is 0 Å². The van der Waals surface area contributed by atoms with Gasteiger partial charge in [0.05, 0.1) is 0 Å². The van der Waals surface area contributed by atoms with Crippen LogP contribution in [0.4, 0.5) is 0 Å².